The minimum absolute atomic E-state index is 0.116. The monoisotopic (exact) mass is 529 g/mol. The van der Waals surface area contributed by atoms with E-state index in [1.54, 1.807) is 46.2 Å². The van der Waals surface area contributed by atoms with Gasteiger partial charge in [0.25, 0.3) is 0 Å². The Hall–Kier alpha value is -4.20. The van der Waals surface area contributed by atoms with Crippen LogP contribution in [0.1, 0.15) is 31.7 Å². The maximum atomic E-state index is 13.7. The van der Waals surface area contributed by atoms with E-state index in [4.69, 9.17) is 4.74 Å². The third kappa shape index (κ3) is 6.28. The highest BCUT2D eigenvalue weighted by atomic mass is 19.1. The van der Waals surface area contributed by atoms with Gasteiger partial charge in [-0.25, -0.2) is 4.39 Å². The first kappa shape index (κ1) is 26.4. The molecule has 0 spiro atoms. The predicted molar refractivity (Wildman–Crippen MR) is 146 cm³/mol. The zero-order chi connectivity index (χ0) is 27.4. The Balaban J connectivity index is 1.29. The zero-order valence-electron chi connectivity index (χ0n) is 21.9. The highest BCUT2D eigenvalue weighted by molar-refractivity contribution is 5.99. The standard InChI is InChI=1S/C31H32FN3O4/c1-21(36)34-17-5-8-28(34)31(38)35-20-23(18-22-6-3-2-4-7-22)19-29(35)30(37)33-25-11-15-27(16-12-25)39-26-13-9-24(32)10-14-26/h2-4,6-7,9-16,23,28-29H,5,8,17-20H2,1H3,(H,33,37)/t23-,28?,29+/m1/s1. The third-order valence-corrected chi connectivity index (χ3v) is 7.45. The van der Waals surface area contributed by atoms with Gasteiger partial charge < -0.3 is 19.9 Å². The van der Waals surface area contributed by atoms with Crippen molar-refractivity contribution in [3.8, 4) is 11.5 Å². The number of halogens is 1. The summed E-state index contributed by atoms with van der Waals surface area (Å²) in [6.45, 7) is 2.52. The van der Waals surface area contributed by atoms with Crippen LogP contribution >= 0.6 is 0 Å². The predicted octanol–water partition coefficient (Wildman–Crippen LogP) is 5.03. The van der Waals surface area contributed by atoms with Gasteiger partial charge in [0.2, 0.25) is 17.7 Å². The van der Waals surface area contributed by atoms with Crippen molar-refractivity contribution in [1.82, 2.24) is 9.80 Å². The number of amides is 3. The lowest BCUT2D eigenvalue weighted by Gasteiger charge is -2.30. The first-order chi connectivity index (χ1) is 18.9. The van der Waals surface area contributed by atoms with Crippen LogP contribution in [0, 0.1) is 11.7 Å². The molecule has 0 bridgehead atoms. The average molecular weight is 530 g/mol. The average Bonchev–Trinajstić information content (AvgIpc) is 3.59. The van der Waals surface area contributed by atoms with Crippen molar-refractivity contribution in [2.45, 2.75) is 44.7 Å². The number of hydrogen-bond donors (Lipinski definition) is 1. The fourth-order valence-corrected chi connectivity index (χ4v) is 5.57. The van der Waals surface area contributed by atoms with Crippen LogP contribution in [0.2, 0.25) is 0 Å². The summed E-state index contributed by atoms with van der Waals surface area (Å²) in [5.74, 6) is 0.323. The summed E-state index contributed by atoms with van der Waals surface area (Å²) < 4.78 is 18.9. The number of benzene rings is 3. The van der Waals surface area contributed by atoms with Crippen LogP contribution in [0.5, 0.6) is 11.5 Å². The first-order valence-corrected chi connectivity index (χ1v) is 13.3. The Kier molecular flexibility index (Phi) is 7.91. The lowest BCUT2D eigenvalue weighted by atomic mass is 9.96. The molecule has 5 rings (SSSR count). The van der Waals surface area contributed by atoms with E-state index in [0.717, 1.165) is 12.8 Å². The normalized spacial score (nSPS) is 20.6. The van der Waals surface area contributed by atoms with Gasteiger partial charge in [0, 0.05) is 25.7 Å². The summed E-state index contributed by atoms with van der Waals surface area (Å²) in [5, 5.41) is 2.96. The fraction of sp³-hybridized carbons (Fsp3) is 0.323. The Labute approximate surface area is 227 Å². The Bertz CT molecular complexity index is 1310. The van der Waals surface area contributed by atoms with E-state index in [9.17, 15) is 18.8 Å². The van der Waals surface area contributed by atoms with Crippen LogP contribution in [0.25, 0.3) is 0 Å². The molecule has 2 aliphatic heterocycles. The van der Waals surface area contributed by atoms with Crippen LogP contribution < -0.4 is 10.1 Å². The van der Waals surface area contributed by atoms with Crippen molar-refractivity contribution in [3.63, 3.8) is 0 Å². The second-order valence-electron chi connectivity index (χ2n) is 10.2. The first-order valence-electron chi connectivity index (χ1n) is 13.3. The number of anilines is 1. The minimum atomic E-state index is -0.629. The molecule has 1 N–H and O–H groups in total. The van der Waals surface area contributed by atoms with Crippen molar-refractivity contribution < 1.29 is 23.5 Å². The second-order valence-corrected chi connectivity index (χ2v) is 10.2. The maximum Gasteiger partial charge on any atom is 0.247 e. The Morgan fingerprint density at radius 1 is 0.897 bits per heavy atom. The smallest absolute Gasteiger partial charge is 0.247 e. The van der Waals surface area contributed by atoms with E-state index in [2.05, 4.69) is 17.4 Å². The van der Waals surface area contributed by atoms with Crippen molar-refractivity contribution in [3.05, 3.63) is 90.2 Å². The summed E-state index contributed by atoms with van der Waals surface area (Å²) in [6.07, 6.45) is 2.71. The minimum Gasteiger partial charge on any atom is -0.457 e. The summed E-state index contributed by atoms with van der Waals surface area (Å²) in [5.41, 5.74) is 1.75. The number of ether oxygens (including phenoxy) is 1. The maximum absolute atomic E-state index is 13.7. The van der Waals surface area contributed by atoms with Gasteiger partial charge in [0.1, 0.15) is 29.4 Å². The van der Waals surface area contributed by atoms with Crippen molar-refractivity contribution in [1.29, 1.82) is 0 Å². The topological polar surface area (TPSA) is 79.0 Å². The lowest BCUT2D eigenvalue weighted by molar-refractivity contribution is -0.145. The second kappa shape index (κ2) is 11.7. The Morgan fingerprint density at radius 2 is 1.56 bits per heavy atom. The molecule has 3 aromatic carbocycles. The molecule has 8 heteroatoms. The van der Waals surface area contributed by atoms with Crippen LogP contribution in [0.4, 0.5) is 10.1 Å². The molecule has 2 saturated heterocycles. The molecule has 3 amide bonds. The van der Waals surface area contributed by atoms with E-state index < -0.39 is 12.1 Å². The molecule has 2 fully saturated rings. The highest BCUT2D eigenvalue weighted by Gasteiger charge is 2.44. The molecule has 7 nitrogen and oxygen atoms in total. The van der Waals surface area contributed by atoms with Gasteiger partial charge in [-0.15, -0.1) is 0 Å². The number of nitrogens with one attached hydrogen (secondary N) is 1. The molecule has 3 aromatic rings. The van der Waals surface area contributed by atoms with Crippen LogP contribution in [0.15, 0.2) is 78.9 Å². The van der Waals surface area contributed by atoms with Crippen LogP contribution in [0.3, 0.4) is 0 Å². The molecule has 2 aliphatic rings. The van der Waals surface area contributed by atoms with Gasteiger partial charge in [-0.2, -0.15) is 0 Å². The number of hydrogen-bond acceptors (Lipinski definition) is 4. The summed E-state index contributed by atoms with van der Waals surface area (Å²) in [6, 6.07) is 21.6. The van der Waals surface area contributed by atoms with Gasteiger partial charge in [-0.05, 0) is 85.7 Å². The fourth-order valence-electron chi connectivity index (χ4n) is 5.57. The van der Waals surface area contributed by atoms with E-state index in [1.165, 1.54) is 24.6 Å². The number of carbonyl (C=O) groups is 3. The van der Waals surface area contributed by atoms with E-state index in [0.29, 0.717) is 43.1 Å². The largest absolute Gasteiger partial charge is 0.457 e. The van der Waals surface area contributed by atoms with Gasteiger partial charge in [0.15, 0.2) is 0 Å². The van der Waals surface area contributed by atoms with E-state index >= 15 is 0 Å². The van der Waals surface area contributed by atoms with Crippen LogP contribution in [-0.2, 0) is 20.8 Å². The van der Waals surface area contributed by atoms with Gasteiger partial charge >= 0.3 is 0 Å². The number of rotatable bonds is 7. The number of nitrogens with zero attached hydrogens (tertiary/aromatic N) is 2. The number of likely N-dealkylation sites (tertiary alicyclic amines) is 2. The molecule has 2 heterocycles. The van der Waals surface area contributed by atoms with E-state index in [-0.39, 0.29) is 29.5 Å². The number of carbonyl (C=O) groups excluding carboxylic acids is 3. The van der Waals surface area contributed by atoms with Gasteiger partial charge in [-0.1, -0.05) is 30.3 Å². The molecule has 0 radical (unpaired) electrons. The van der Waals surface area contributed by atoms with E-state index in [1.807, 2.05) is 18.2 Å². The van der Waals surface area contributed by atoms with Crippen molar-refractivity contribution in [2.75, 3.05) is 18.4 Å². The zero-order valence-corrected chi connectivity index (χ0v) is 21.9. The molecular weight excluding hydrogens is 497 g/mol. The molecule has 1 unspecified atom stereocenters. The summed E-state index contributed by atoms with van der Waals surface area (Å²) in [4.78, 5) is 42.6. The molecule has 0 aliphatic carbocycles. The molecular formula is C31H32FN3O4. The van der Waals surface area contributed by atoms with Crippen molar-refractivity contribution >= 4 is 23.4 Å². The SMILES string of the molecule is CC(=O)N1CCCC1C(=O)N1C[C@H](Cc2ccccc2)C[C@H]1C(=O)Nc1ccc(Oc2ccc(F)cc2)cc1. The van der Waals surface area contributed by atoms with Gasteiger partial charge in [-0.3, -0.25) is 14.4 Å². The Morgan fingerprint density at radius 3 is 2.23 bits per heavy atom. The molecule has 0 aromatic heterocycles. The molecule has 202 valence electrons. The van der Waals surface area contributed by atoms with Gasteiger partial charge in [0.05, 0.1) is 0 Å². The van der Waals surface area contributed by atoms with Crippen molar-refractivity contribution in [2.24, 2.45) is 5.92 Å². The highest BCUT2D eigenvalue weighted by Crippen LogP contribution is 2.31. The summed E-state index contributed by atoms with van der Waals surface area (Å²) >= 11 is 0. The molecule has 0 saturated carbocycles. The molecule has 39 heavy (non-hydrogen) atoms. The van der Waals surface area contributed by atoms with Crippen LogP contribution in [-0.4, -0.2) is 52.7 Å². The quantitative estimate of drug-likeness (QED) is 0.466. The third-order valence-electron chi connectivity index (χ3n) is 7.45. The molecule has 3 atom stereocenters. The summed E-state index contributed by atoms with van der Waals surface area (Å²) in [7, 11) is 0. The lowest BCUT2D eigenvalue weighted by Crippen LogP contribution is -2.51.